The summed E-state index contributed by atoms with van der Waals surface area (Å²) < 4.78 is 5.19. The maximum absolute atomic E-state index is 11.8. The van der Waals surface area contributed by atoms with Crippen molar-refractivity contribution in [3.63, 3.8) is 0 Å². The molecule has 1 aliphatic heterocycles. The van der Waals surface area contributed by atoms with E-state index >= 15 is 0 Å². The zero-order valence-corrected chi connectivity index (χ0v) is 9.76. The first-order chi connectivity index (χ1) is 7.83. The lowest BCUT2D eigenvalue weighted by molar-refractivity contribution is -0.119. The summed E-state index contributed by atoms with van der Waals surface area (Å²) in [5.41, 5.74) is 1.14. The first-order valence-corrected chi connectivity index (χ1v) is 6.55. The molecule has 2 fully saturated rings. The molecule has 1 atom stereocenters. The van der Waals surface area contributed by atoms with Gasteiger partial charge in [-0.25, -0.2) is 4.98 Å². The van der Waals surface area contributed by atoms with Crippen molar-refractivity contribution in [1.29, 1.82) is 0 Å². The van der Waals surface area contributed by atoms with Crippen LogP contribution >= 0.6 is 11.3 Å². The third kappa shape index (κ3) is 2.10. The minimum atomic E-state index is 0.00766. The van der Waals surface area contributed by atoms with Gasteiger partial charge in [0.15, 0.2) is 5.13 Å². The van der Waals surface area contributed by atoms with Gasteiger partial charge in [-0.05, 0) is 19.3 Å². The van der Waals surface area contributed by atoms with E-state index in [1.54, 1.807) is 0 Å². The van der Waals surface area contributed by atoms with Crippen molar-refractivity contribution >= 4 is 22.4 Å². The number of anilines is 1. The molecule has 0 unspecified atom stereocenters. The fraction of sp³-hybridized carbons (Fsp3) is 0.636. The summed E-state index contributed by atoms with van der Waals surface area (Å²) in [5.74, 6) is 0.708. The summed E-state index contributed by atoms with van der Waals surface area (Å²) in [5, 5.41) is 5.66. The quantitative estimate of drug-likeness (QED) is 0.876. The molecule has 3 rings (SSSR count). The number of amides is 1. The van der Waals surface area contributed by atoms with Crippen molar-refractivity contribution in [3.05, 3.63) is 11.1 Å². The number of ether oxygens (including phenoxy) is 1. The van der Waals surface area contributed by atoms with Crippen LogP contribution in [0.2, 0.25) is 0 Å². The first kappa shape index (κ1) is 10.2. The Kier molecular flexibility index (Phi) is 2.65. The molecule has 1 aromatic heterocycles. The Bertz CT molecular complexity index is 394. The molecule has 5 heteroatoms. The van der Waals surface area contributed by atoms with Crippen LogP contribution in [0.25, 0.3) is 0 Å². The molecule has 1 amide bonds. The summed E-state index contributed by atoms with van der Waals surface area (Å²) in [6.07, 6.45) is 3.31. The van der Waals surface area contributed by atoms with E-state index in [1.165, 1.54) is 24.2 Å². The maximum atomic E-state index is 11.8. The molecule has 0 bridgehead atoms. The van der Waals surface area contributed by atoms with E-state index < -0.39 is 0 Å². The monoisotopic (exact) mass is 238 g/mol. The molecular formula is C11H14N2O2S. The lowest BCUT2D eigenvalue weighted by Gasteiger charge is -2.05. The van der Waals surface area contributed by atoms with Crippen LogP contribution in [-0.4, -0.2) is 24.1 Å². The van der Waals surface area contributed by atoms with Gasteiger partial charge in [0.2, 0.25) is 5.91 Å². The number of hydrogen-bond donors (Lipinski definition) is 1. The zero-order chi connectivity index (χ0) is 11.0. The van der Waals surface area contributed by atoms with E-state index in [0.717, 1.165) is 17.2 Å². The van der Waals surface area contributed by atoms with Crippen LogP contribution in [0.1, 0.15) is 30.9 Å². The molecule has 2 heterocycles. The molecular weight excluding hydrogens is 224 g/mol. The zero-order valence-electron chi connectivity index (χ0n) is 8.94. The second-order valence-electron chi connectivity index (χ2n) is 4.40. The molecule has 1 saturated carbocycles. The van der Waals surface area contributed by atoms with Crippen LogP contribution in [0.3, 0.4) is 0 Å². The highest BCUT2D eigenvalue weighted by Crippen LogP contribution is 2.40. The van der Waals surface area contributed by atoms with E-state index in [4.69, 9.17) is 4.74 Å². The summed E-state index contributed by atoms with van der Waals surface area (Å²) >= 11 is 1.52. The van der Waals surface area contributed by atoms with E-state index in [2.05, 4.69) is 15.7 Å². The van der Waals surface area contributed by atoms with Crippen LogP contribution in [0, 0.1) is 5.92 Å². The maximum Gasteiger partial charge on any atom is 0.231 e. The lowest BCUT2D eigenvalue weighted by Crippen LogP contribution is -2.22. The Morgan fingerprint density at radius 3 is 3.06 bits per heavy atom. The number of aromatic nitrogens is 1. The van der Waals surface area contributed by atoms with Gasteiger partial charge in [0.05, 0.1) is 18.2 Å². The molecule has 1 saturated heterocycles. The van der Waals surface area contributed by atoms with Gasteiger partial charge in [0.25, 0.3) is 0 Å². The number of rotatable bonds is 3. The molecule has 1 aromatic rings. The highest BCUT2D eigenvalue weighted by Gasteiger charge is 2.27. The van der Waals surface area contributed by atoms with Gasteiger partial charge in [-0.15, -0.1) is 11.3 Å². The summed E-state index contributed by atoms with van der Waals surface area (Å²) in [7, 11) is 0. The Morgan fingerprint density at radius 2 is 2.38 bits per heavy atom. The van der Waals surface area contributed by atoms with Gasteiger partial charge in [-0.1, -0.05) is 0 Å². The molecule has 1 aliphatic carbocycles. The van der Waals surface area contributed by atoms with Crippen LogP contribution in [-0.2, 0) is 9.53 Å². The number of thiazole rings is 1. The number of nitrogens with zero attached hydrogens (tertiary/aromatic N) is 1. The van der Waals surface area contributed by atoms with E-state index in [1.807, 2.05) is 0 Å². The fourth-order valence-corrected chi connectivity index (χ4v) is 2.65. The SMILES string of the molecule is O=C(Nc1nc(C2CC2)cs1)[C@@H]1CCOC1. The van der Waals surface area contributed by atoms with Crippen LogP contribution in [0.15, 0.2) is 5.38 Å². The third-order valence-electron chi connectivity index (χ3n) is 3.05. The largest absolute Gasteiger partial charge is 0.381 e. The number of carbonyl (C=O) groups excluding carboxylic acids is 1. The normalized spacial score (nSPS) is 24.6. The predicted octanol–water partition coefficient (Wildman–Crippen LogP) is 2.00. The summed E-state index contributed by atoms with van der Waals surface area (Å²) in [4.78, 5) is 16.2. The Balaban J connectivity index is 1.61. The fourth-order valence-electron chi connectivity index (χ4n) is 1.86. The van der Waals surface area contributed by atoms with E-state index in [-0.39, 0.29) is 11.8 Å². The first-order valence-electron chi connectivity index (χ1n) is 5.67. The van der Waals surface area contributed by atoms with Crippen molar-refractivity contribution in [2.24, 2.45) is 5.92 Å². The van der Waals surface area contributed by atoms with Gasteiger partial charge < -0.3 is 10.1 Å². The molecule has 0 aromatic carbocycles. The van der Waals surface area contributed by atoms with Crippen molar-refractivity contribution in [3.8, 4) is 0 Å². The second kappa shape index (κ2) is 4.14. The molecule has 16 heavy (non-hydrogen) atoms. The Labute approximate surface area is 98.0 Å². The number of hydrogen-bond acceptors (Lipinski definition) is 4. The lowest BCUT2D eigenvalue weighted by atomic mass is 10.1. The highest BCUT2D eigenvalue weighted by molar-refractivity contribution is 7.13. The van der Waals surface area contributed by atoms with Gasteiger partial charge in [-0.3, -0.25) is 4.79 Å². The smallest absolute Gasteiger partial charge is 0.231 e. The van der Waals surface area contributed by atoms with Crippen molar-refractivity contribution in [2.45, 2.75) is 25.2 Å². The average molecular weight is 238 g/mol. The van der Waals surface area contributed by atoms with E-state index in [0.29, 0.717) is 19.1 Å². The minimum Gasteiger partial charge on any atom is -0.381 e. The summed E-state index contributed by atoms with van der Waals surface area (Å²) in [6, 6.07) is 0. The molecule has 86 valence electrons. The molecule has 0 radical (unpaired) electrons. The van der Waals surface area contributed by atoms with Gasteiger partial charge >= 0.3 is 0 Å². The topological polar surface area (TPSA) is 51.2 Å². The minimum absolute atomic E-state index is 0.00766. The molecule has 2 aliphatic rings. The predicted molar refractivity (Wildman–Crippen MR) is 61.6 cm³/mol. The van der Waals surface area contributed by atoms with Crippen LogP contribution in [0.4, 0.5) is 5.13 Å². The molecule has 1 N–H and O–H groups in total. The molecule has 0 spiro atoms. The van der Waals surface area contributed by atoms with Gasteiger partial charge in [0.1, 0.15) is 0 Å². The highest BCUT2D eigenvalue weighted by atomic mass is 32.1. The standard InChI is InChI=1S/C11H14N2O2S/c14-10(8-3-4-15-5-8)13-11-12-9(6-16-11)7-1-2-7/h6-8H,1-5H2,(H,12,13,14)/t8-/m1/s1. The summed E-state index contributed by atoms with van der Waals surface area (Å²) in [6.45, 7) is 1.25. The Hall–Kier alpha value is -0.940. The van der Waals surface area contributed by atoms with Crippen molar-refractivity contribution in [1.82, 2.24) is 4.98 Å². The molecule has 4 nitrogen and oxygen atoms in total. The number of carbonyl (C=O) groups is 1. The van der Waals surface area contributed by atoms with Crippen molar-refractivity contribution in [2.75, 3.05) is 18.5 Å². The second-order valence-corrected chi connectivity index (χ2v) is 5.26. The third-order valence-corrected chi connectivity index (χ3v) is 3.82. The van der Waals surface area contributed by atoms with Crippen LogP contribution in [0.5, 0.6) is 0 Å². The van der Waals surface area contributed by atoms with Crippen LogP contribution < -0.4 is 5.32 Å². The van der Waals surface area contributed by atoms with Crippen molar-refractivity contribution < 1.29 is 9.53 Å². The van der Waals surface area contributed by atoms with Gasteiger partial charge in [-0.2, -0.15) is 0 Å². The van der Waals surface area contributed by atoms with E-state index in [9.17, 15) is 4.79 Å². The number of nitrogens with one attached hydrogen (secondary N) is 1. The Morgan fingerprint density at radius 1 is 1.50 bits per heavy atom. The van der Waals surface area contributed by atoms with Gasteiger partial charge in [0, 0.05) is 17.9 Å². The average Bonchev–Trinajstić information content (AvgIpc) is 2.82.